The normalized spacial score (nSPS) is 10.1. The summed E-state index contributed by atoms with van der Waals surface area (Å²) < 4.78 is 0. The zero-order valence-electron chi connectivity index (χ0n) is 10.2. The molecule has 0 radical (unpaired) electrons. The van der Waals surface area contributed by atoms with E-state index >= 15 is 0 Å². The minimum atomic E-state index is -0.478. The van der Waals surface area contributed by atoms with Gasteiger partial charge in [0.05, 0.1) is 10.5 Å². The third-order valence-corrected chi connectivity index (χ3v) is 2.79. The van der Waals surface area contributed by atoms with Gasteiger partial charge in [0.2, 0.25) is 0 Å². The van der Waals surface area contributed by atoms with Gasteiger partial charge in [-0.2, -0.15) is 0 Å². The SMILES string of the molecule is O=C(NCc1cccc([N+](=O)[O-])c1)c1ccc(Cl)nc1. The van der Waals surface area contributed by atoms with Crippen LogP contribution in [0.15, 0.2) is 42.6 Å². The van der Waals surface area contributed by atoms with Gasteiger partial charge in [-0.25, -0.2) is 4.98 Å². The van der Waals surface area contributed by atoms with Crippen LogP contribution < -0.4 is 5.32 Å². The molecule has 7 heteroatoms. The highest BCUT2D eigenvalue weighted by Crippen LogP contribution is 2.13. The molecular formula is C13H10ClN3O3. The highest BCUT2D eigenvalue weighted by molar-refractivity contribution is 6.29. The lowest BCUT2D eigenvalue weighted by Crippen LogP contribution is -2.22. The van der Waals surface area contributed by atoms with Crippen LogP contribution in [-0.4, -0.2) is 15.8 Å². The van der Waals surface area contributed by atoms with E-state index in [2.05, 4.69) is 10.3 Å². The summed E-state index contributed by atoms with van der Waals surface area (Å²) in [6, 6.07) is 9.16. The van der Waals surface area contributed by atoms with E-state index in [1.807, 2.05) is 0 Å². The second-order valence-electron chi connectivity index (χ2n) is 3.98. The summed E-state index contributed by atoms with van der Waals surface area (Å²) in [5, 5.41) is 13.6. The van der Waals surface area contributed by atoms with Crippen LogP contribution in [0, 0.1) is 10.1 Å². The van der Waals surface area contributed by atoms with Crippen molar-refractivity contribution in [3.63, 3.8) is 0 Å². The smallest absolute Gasteiger partial charge is 0.269 e. The molecule has 1 N–H and O–H groups in total. The number of nitro groups is 1. The van der Waals surface area contributed by atoms with Crippen molar-refractivity contribution in [3.05, 3.63) is 69.0 Å². The Hall–Kier alpha value is -2.47. The summed E-state index contributed by atoms with van der Waals surface area (Å²) in [6.07, 6.45) is 1.37. The number of carbonyl (C=O) groups excluding carboxylic acids is 1. The first-order valence-electron chi connectivity index (χ1n) is 5.69. The monoisotopic (exact) mass is 291 g/mol. The lowest BCUT2D eigenvalue weighted by molar-refractivity contribution is -0.384. The fourth-order valence-corrected chi connectivity index (χ4v) is 1.69. The molecule has 6 nitrogen and oxygen atoms in total. The van der Waals surface area contributed by atoms with E-state index in [-0.39, 0.29) is 18.1 Å². The number of aromatic nitrogens is 1. The Morgan fingerprint density at radius 2 is 2.15 bits per heavy atom. The van der Waals surface area contributed by atoms with Gasteiger partial charge in [0.25, 0.3) is 11.6 Å². The molecule has 0 aliphatic rings. The number of nitrogens with one attached hydrogen (secondary N) is 1. The number of hydrogen-bond donors (Lipinski definition) is 1. The Kier molecular flexibility index (Phi) is 4.27. The second-order valence-corrected chi connectivity index (χ2v) is 4.37. The Morgan fingerprint density at radius 3 is 2.80 bits per heavy atom. The molecule has 0 aliphatic carbocycles. The first-order chi connectivity index (χ1) is 9.56. The zero-order valence-corrected chi connectivity index (χ0v) is 11.0. The molecule has 1 amide bonds. The largest absolute Gasteiger partial charge is 0.348 e. The van der Waals surface area contributed by atoms with Gasteiger partial charge in [-0.3, -0.25) is 14.9 Å². The van der Waals surface area contributed by atoms with Crippen molar-refractivity contribution in [2.45, 2.75) is 6.54 Å². The zero-order chi connectivity index (χ0) is 14.5. The first kappa shape index (κ1) is 14.0. The highest BCUT2D eigenvalue weighted by atomic mass is 35.5. The van der Waals surface area contributed by atoms with Crippen molar-refractivity contribution in [1.82, 2.24) is 10.3 Å². The molecule has 1 heterocycles. The minimum absolute atomic E-state index is 0.00934. The van der Waals surface area contributed by atoms with Crippen LogP contribution in [0.25, 0.3) is 0 Å². The summed E-state index contributed by atoms with van der Waals surface area (Å²) in [6.45, 7) is 0.198. The summed E-state index contributed by atoms with van der Waals surface area (Å²) in [5.41, 5.74) is 1.01. The average molecular weight is 292 g/mol. The molecule has 0 aliphatic heterocycles. The van der Waals surface area contributed by atoms with E-state index < -0.39 is 4.92 Å². The number of amides is 1. The molecule has 102 valence electrons. The van der Waals surface area contributed by atoms with Gasteiger partial charge in [-0.1, -0.05) is 23.7 Å². The van der Waals surface area contributed by atoms with Crippen molar-refractivity contribution < 1.29 is 9.72 Å². The third kappa shape index (κ3) is 3.52. The summed E-state index contributed by atoms with van der Waals surface area (Å²) in [4.78, 5) is 25.8. The van der Waals surface area contributed by atoms with Crippen molar-refractivity contribution in [2.75, 3.05) is 0 Å². The quantitative estimate of drug-likeness (QED) is 0.533. The van der Waals surface area contributed by atoms with Gasteiger partial charge in [0, 0.05) is 24.9 Å². The van der Waals surface area contributed by atoms with Gasteiger partial charge in [0.1, 0.15) is 5.15 Å². The van der Waals surface area contributed by atoms with Crippen molar-refractivity contribution >= 4 is 23.2 Å². The van der Waals surface area contributed by atoms with Gasteiger partial charge in [-0.05, 0) is 17.7 Å². The number of benzene rings is 1. The van der Waals surface area contributed by atoms with Crippen molar-refractivity contribution in [2.24, 2.45) is 0 Å². The standard InChI is InChI=1S/C13H10ClN3O3/c14-12-5-4-10(8-15-12)13(18)16-7-9-2-1-3-11(6-9)17(19)20/h1-6,8H,7H2,(H,16,18). The predicted octanol–water partition coefficient (Wildman–Crippen LogP) is 2.57. The molecule has 0 saturated carbocycles. The van der Waals surface area contributed by atoms with E-state index in [4.69, 9.17) is 11.6 Å². The van der Waals surface area contributed by atoms with E-state index in [0.29, 0.717) is 16.3 Å². The topological polar surface area (TPSA) is 85.1 Å². The number of halogens is 1. The van der Waals surface area contributed by atoms with Crippen molar-refractivity contribution in [1.29, 1.82) is 0 Å². The summed E-state index contributed by atoms with van der Waals surface area (Å²) in [5.74, 6) is -0.319. The van der Waals surface area contributed by atoms with E-state index in [1.54, 1.807) is 18.2 Å². The number of carbonyl (C=O) groups is 1. The van der Waals surface area contributed by atoms with Crippen LogP contribution in [0.3, 0.4) is 0 Å². The van der Waals surface area contributed by atoms with Gasteiger partial charge < -0.3 is 5.32 Å². The maximum absolute atomic E-state index is 11.8. The maximum atomic E-state index is 11.8. The number of rotatable bonds is 4. The molecule has 2 rings (SSSR count). The summed E-state index contributed by atoms with van der Waals surface area (Å²) in [7, 11) is 0. The third-order valence-electron chi connectivity index (χ3n) is 2.56. The fraction of sp³-hybridized carbons (Fsp3) is 0.0769. The van der Waals surface area contributed by atoms with Crippen LogP contribution >= 0.6 is 11.6 Å². The predicted molar refractivity (Wildman–Crippen MR) is 73.5 cm³/mol. The summed E-state index contributed by atoms with van der Waals surface area (Å²) >= 11 is 5.63. The number of pyridine rings is 1. The van der Waals surface area contributed by atoms with Crippen LogP contribution in [0.4, 0.5) is 5.69 Å². The number of nitro benzene ring substituents is 1. The molecule has 0 bridgehead atoms. The minimum Gasteiger partial charge on any atom is -0.348 e. The Labute approximate surface area is 119 Å². The van der Waals surface area contributed by atoms with Crippen LogP contribution in [0.5, 0.6) is 0 Å². The Bertz CT molecular complexity index is 644. The van der Waals surface area contributed by atoms with Crippen molar-refractivity contribution in [3.8, 4) is 0 Å². The maximum Gasteiger partial charge on any atom is 0.269 e. The molecule has 1 aromatic heterocycles. The Morgan fingerprint density at radius 1 is 1.35 bits per heavy atom. The van der Waals surface area contributed by atoms with E-state index in [1.165, 1.54) is 24.4 Å². The van der Waals surface area contributed by atoms with E-state index in [0.717, 1.165) is 0 Å². The molecule has 1 aromatic carbocycles. The average Bonchev–Trinajstić information content (AvgIpc) is 2.46. The molecule has 0 unspecified atom stereocenters. The number of hydrogen-bond acceptors (Lipinski definition) is 4. The highest BCUT2D eigenvalue weighted by Gasteiger charge is 2.08. The molecule has 0 atom stereocenters. The fourth-order valence-electron chi connectivity index (χ4n) is 1.57. The Balaban J connectivity index is 2.01. The lowest BCUT2D eigenvalue weighted by atomic mass is 10.2. The second kappa shape index (κ2) is 6.12. The number of non-ortho nitro benzene ring substituents is 1. The number of nitrogens with zero attached hydrogens (tertiary/aromatic N) is 2. The molecule has 20 heavy (non-hydrogen) atoms. The molecule has 2 aromatic rings. The van der Waals surface area contributed by atoms with Crippen LogP contribution in [0.1, 0.15) is 15.9 Å². The first-order valence-corrected chi connectivity index (χ1v) is 6.07. The van der Waals surface area contributed by atoms with Gasteiger partial charge >= 0.3 is 0 Å². The van der Waals surface area contributed by atoms with Crippen LogP contribution in [0.2, 0.25) is 5.15 Å². The molecule has 0 saturated heterocycles. The van der Waals surface area contributed by atoms with E-state index in [9.17, 15) is 14.9 Å². The molecular weight excluding hydrogens is 282 g/mol. The van der Waals surface area contributed by atoms with Crippen LogP contribution in [-0.2, 0) is 6.54 Å². The molecule has 0 spiro atoms. The van der Waals surface area contributed by atoms with Gasteiger partial charge in [0.15, 0.2) is 0 Å². The van der Waals surface area contributed by atoms with Gasteiger partial charge in [-0.15, -0.1) is 0 Å². The molecule has 0 fully saturated rings. The lowest BCUT2D eigenvalue weighted by Gasteiger charge is -2.05.